The Balaban J connectivity index is 2.03. The van der Waals surface area contributed by atoms with Crippen LogP contribution >= 0.6 is 15.9 Å². The van der Waals surface area contributed by atoms with Crippen LogP contribution in [0, 0.1) is 5.82 Å². The molecule has 24 heavy (non-hydrogen) atoms. The van der Waals surface area contributed by atoms with Crippen molar-refractivity contribution >= 4 is 45.5 Å². The average molecular weight is 389 g/mol. The summed E-state index contributed by atoms with van der Waals surface area (Å²) in [5, 5.41) is 2.09. The molecule has 1 heterocycles. The lowest BCUT2D eigenvalue weighted by atomic mass is 10.1. The molecule has 1 saturated heterocycles. The van der Waals surface area contributed by atoms with Gasteiger partial charge in [0.25, 0.3) is 11.8 Å². The zero-order chi connectivity index (χ0) is 17.3. The summed E-state index contributed by atoms with van der Waals surface area (Å²) < 4.78 is 14.5. The molecule has 0 spiro atoms. The third kappa shape index (κ3) is 2.98. The first kappa shape index (κ1) is 16.1. The lowest BCUT2D eigenvalue weighted by Gasteiger charge is -2.26. The number of nitrogens with one attached hydrogen (secondary N) is 1. The van der Waals surface area contributed by atoms with Crippen molar-refractivity contribution in [1.29, 1.82) is 0 Å². The van der Waals surface area contributed by atoms with Gasteiger partial charge in [-0.1, -0.05) is 34.1 Å². The Hall–Kier alpha value is -2.80. The van der Waals surface area contributed by atoms with Crippen LogP contribution in [-0.4, -0.2) is 17.8 Å². The van der Waals surface area contributed by atoms with Crippen LogP contribution in [0.5, 0.6) is 0 Å². The molecule has 0 aliphatic carbocycles. The standard InChI is InChI=1S/C17H10BrFN2O3/c18-11-5-7-12(8-6-11)21-16(23)13(15(22)20-17(21)24)9-10-3-1-2-4-14(10)19/h1-9H,(H,20,22,24)/b13-9+. The highest BCUT2D eigenvalue weighted by Crippen LogP contribution is 2.24. The largest absolute Gasteiger partial charge is 0.335 e. The van der Waals surface area contributed by atoms with E-state index in [1.54, 1.807) is 30.3 Å². The van der Waals surface area contributed by atoms with E-state index in [9.17, 15) is 18.8 Å². The molecule has 120 valence electrons. The first-order valence-corrected chi connectivity index (χ1v) is 7.68. The van der Waals surface area contributed by atoms with E-state index < -0.39 is 23.7 Å². The van der Waals surface area contributed by atoms with Gasteiger partial charge in [-0.15, -0.1) is 0 Å². The highest BCUT2D eigenvalue weighted by molar-refractivity contribution is 9.10. The van der Waals surface area contributed by atoms with Gasteiger partial charge >= 0.3 is 6.03 Å². The van der Waals surface area contributed by atoms with Gasteiger partial charge in [-0.25, -0.2) is 14.1 Å². The average Bonchev–Trinajstić information content (AvgIpc) is 2.54. The van der Waals surface area contributed by atoms with E-state index in [0.717, 1.165) is 15.4 Å². The lowest BCUT2D eigenvalue weighted by Crippen LogP contribution is -2.54. The van der Waals surface area contributed by atoms with Gasteiger partial charge in [-0.2, -0.15) is 0 Å². The number of benzene rings is 2. The van der Waals surface area contributed by atoms with Crippen molar-refractivity contribution in [1.82, 2.24) is 5.32 Å². The molecule has 1 N–H and O–H groups in total. The third-order valence-corrected chi connectivity index (χ3v) is 3.92. The van der Waals surface area contributed by atoms with Gasteiger partial charge in [0.15, 0.2) is 0 Å². The van der Waals surface area contributed by atoms with Crippen LogP contribution in [0.4, 0.5) is 14.9 Å². The molecular weight excluding hydrogens is 379 g/mol. The second-order valence-corrected chi connectivity index (χ2v) is 5.87. The topological polar surface area (TPSA) is 66.5 Å². The molecule has 0 atom stereocenters. The van der Waals surface area contributed by atoms with E-state index in [1.807, 2.05) is 0 Å². The lowest BCUT2D eigenvalue weighted by molar-refractivity contribution is -0.122. The molecule has 2 aromatic carbocycles. The van der Waals surface area contributed by atoms with Gasteiger partial charge in [-0.3, -0.25) is 14.9 Å². The summed E-state index contributed by atoms with van der Waals surface area (Å²) in [5.74, 6) is -2.24. The molecular formula is C17H10BrFN2O3. The number of urea groups is 1. The van der Waals surface area contributed by atoms with Gasteiger partial charge in [0.1, 0.15) is 11.4 Å². The van der Waals surface area contributed by atoms with E-state index in [0.29, 0.717) is 5.69 Å². The number of anilines is 1. The number of hydrogen-bond donors (Lipinski definition) is 1. The smallest absolute Gasteiger partial charge is 0.273 e. The van der Waals surface area contributed by atoms with Crippen molar-refractivity contribution in [2.24, 2.45) is 0 Å². The Labute approximate surface area is 144 Å². The highest BCUT2D eigenvalue weighted by Gasteiger charge is 2.36. The van der Waals surface area contributed by atoms with Crippen molar-refractivity contribution in [2.45, 2.75) is 0 Å². The SMILES string of the molecule is O=C1NC(=O)N(c2ccc(Br)cc2)C(=O)/C1=C/c1ccccc1F. The maximum absolute atomic E-state index is 13.8. The zero-order valence-corrected chi connectivity index (χ0v) is 13.7. The fourth-order valence-electron chi connectivity index (χ4n) is 2.23. The van der Waals surface area contributed by atoms with Gasteiger partial charge in [0, 0.05) is 10.0 Å². The number of carbonyl (C=O) groups is 3. The number of amides is 4. The summed E-state index contributed by atoms with van der Waals surface area (Å²) in [6.07, 6.45) is 1.13. The Morgan fingerprint density at radius 3 is 2.33 bits per heavy atom. The van der Waals surface area contributed by atoms with Gasteiger partial charge in [0.2, 0.25) is 0 Å². The molecule has 5 nitrogen and oxygen atoms in total. The van der Waals surface area contributed by atoms with E-state index in [2.05, 4.69) is 21.2 Å². The van der Waals surface area contributed by atoms with Crippen molar-refractivity contribution in [2.75, 3.05) is 4.90 Å². The van der Waals surface area contributed by atoms with Crippen LogP contribution in [0.1, 0.15) is 5.56 Å². The monoisotopic (exact) mass is 388 g/mol. The molecule has 2 aromatic rings. The van der Waals surface area contributed by atoms with Crippen LogP contribution in [0.25, 0.3) is 6.08 Å². The third-order valence-electron chi connectivity index (χ3n) is 3.39. The van der Waals surface area contributed by atoms with E-state index in [4.69, 9.17) is 0 Å². The molecule has 0 bridgehead atoms. The zero-order valence-electron chi connectivity index (χ0n) is 12.1. The second kappa shape index (κ2) is 6.37. The molecule has 4 amide bonds. The van der Waals surface area contributed by atoms with E-state index >= 15 is 0 Å². The summed E-state index contributed by atoms with van der Waals surface area (Å²) in [6.45, 7) is 0. The first-order valence-electron chi connectivity index (χ1n) is 6.89. The Morgan fingerprint density at radius 1 is 1.00 bits per heavy atom. The normalized spacial score (nSPS) is 16.5. The number of rotatable bonds is 2. The predicted octanol–water partition coefficient (Wildman–Crippen LogP) is 3.25. The van der Waals surface area contributed by atoms with Crippen molar-refractivity contribution in [3.05, 3.63) is 70.0 Å². The maximum Gasteiger partial charge on any atom is 0.335 e. The number of imide groups is 2. The summed E-state index contributed by atoms with van der Waals surface area (Å²) in [5.41, 5.74) is 0.0661. The van der Waals surface area contributed by atoms with Crippen LogP contribution in [0.15, 0.2) is 58.6 Å². The number of nitrogens with zero attached hydrogens (tertiary/aromatic N) is 1. The number of barbiturate groups is 1. The Bertz CT molecular complexity index is 878. The molecule has 0 radical (unpaired) electrons. The maximum atomic E-state index is 13.8. The molecule has 0 saturated carbocycles. The molecule has 1 aliphatic heterocycles. The summed E-state index contributed by atoms with van der Waals surface area (Å²) in [4.78, 5) is 37.4. The molecule has 1 aliphatic rings. The van der Waals surface area contributed by atoms with Crippen LogP contribution in [0.3, 0.4) is 0 Å². The number of hydrogen-bond acceptors (Lipinski definition) is 3. The van der Waals surface area contributed by atoms with Crippen molar-refractivity contribution in [3.63, 3.8) is 0 Å². The van der Waals surface area contributed by atoms with E-state index in [-0.39, 0.29) is 11.1 Å². The predicted molar refractivity (Wildman–Crippen MR) is 89.5 cm³/mol. The fraction of sp³-hybridized carbons (Fsp3) is 0. The fourth-order valence-corrected chi connectivity index (χ4v) is 2.49. The van der Waals surface area contributed by atoms with Gasteiger partial charge in [-0.05, 0) is 36.4 Å². The summed E-state index contributed by atoms with van der Waals surface area (Å²) in [7, 11) is 0. The van der Waals surface area contributed by atoms with Crippen LogP contribution < -0.4 is 10.2 Å². The minimum absolute atomic E-state index is 0.0844. The molecule has 1 fully saturated rings. The van der Waals surface area contributed by atoms with Crippen molar-refractivity contribution in [3.8, 4) is 0 Å². The van der Waals surface area contributed by atoms with E-state index in [1.165, 1.54) is 18.2 Å². The van der Waals surface area contributed by atoms with Gasteiger partial charge in [0.05, 0.1) is 5.69 Å². The summed E-state index contributed by atoms with van der Waals surface area (Å²) >= 11 is 3.26. The Kier molecular flexibility index (Phi) is 4.26. The summed E-state index contributed by atoms with van der Waals surface area (Å²) in [6, 6.07) is 11.3. The molecule has 7 heteroatoms. The molecule has 3 rings (SSSR count). The second-order valence-electron chi connectivity index (χ2n) is 4.96. The molecule has 0 aromatic heterocycles. The minimum Gasteiger partial charge on any atom is -0.273 e. The van der Waals surface area contributed by atoms with Gasteiger partial charge < -0.3 is 0 Å². The molecule has 0 unspecified atom stereocenters. The number of halogens is 2. The minimum atomic E-state index is -0.860. The highest BCUT2D eigenvalue weighted by atomic mass is 79.9. The first-order chi connectivity index (χ1) is 11.5. The quantitative estimate of drug-likeness (QED) is 0.634. The Morgan fingerprint density at radius 2 is 1.67 bits per heavy atom. The van der Waals surface area contributed by atoms with Crippen molar-refractivity contribution < 1.29 is 18.8 Å². The van der Waals surface area contributed by atoms with Crippen LogP contribution in [0.2, 0.25) is 0 Å². The van der Waals surface area contributed by atoms with Crippen LogP contribution in [-0.2, 0) is 9.59 Å². The number of carbonyl (C=O) groups excluding carboxylic acids is 3.